The first-order valence-electron chi connectivity index (χ1n) is 5.19. The average molecular weight is 348 g/mol. The van der Waals surface area contributed by atoms with E-state index in [0.29, 0.717) is 15.2 Å². The predicted octanol–water partition coefficient (Wildman–Crippen LogP) is 2.27. The molecule has 1 aromatic carbocycles. The number of carboxylic acids is 1. The summed E-state index contributed by atoms with van der Waals surface area (Å²) in [4.78, 5) is 27.2. The van der Waals surface area contributed by atoms with Crippen LogP contribution >= 0.6 is 27.5 Å². The van der Waals surface area contributed by atoms with E-state index in [1.165, 1.54) is 0 Å². The Morgan fingerprint density at radius 3 is 2.84 bits per heavy atom. The zero-order valence-electron chi connectivity index (χ0n) is 9.39. The third-order valence-electron chi connectivity index (χ3n) is 2.40. The molecular formula is C11H8BrClN2O4. The molecule has 0 fully saturated rings. The molecule has 0 spiro atoms. The van der Waals surface area contributed by atoms with Crippen LogP contribution in [0, 0.1) is 0 Å². The highest BCUT2D eigenvalue weighted by molar-refractivity contribution is 9.10. The number of oxime groups is 1. The first-order valence-corrected chi connectivity index (χ1v) is 6.36. The van der Waals surface area contributed by atoms with Gasteiger partial charge >= 0.3 is 5.97 Å². The van der Waals surface area contributed by atoms with Crippen molar-refractivity contribution < 1.29 is 19.5 Å². The van der Waals surface area contributed by atoms with Crippen LogP contribution in [0.1, 0.15) is 6.42 Å². The Morgan fingerprint density at radius 1 is 1.53 bits per heavy atom. The van der Waals surface area contributed by atoms with E-state index in [1.54, 1.807) is 18.2 Å². The van der Waals surface area contributed by atoms with Gasteiger partial charge in [-0.3, -0.25) is 4.79 Å². The third kappa shape index (κ3) is 3.24. The molecule has 0 bridgehead atoms. The van der Waals surface area contributed by atoms with Gasteiger partial charge in [-0.2, -0.15) is 0 Å². The Labute approximate surface area is 121 Å². The zero-order valence-corrected chi connectivity index (χ0v) is 11.7. The summed E-state index contributed by atoms with van der Waals surface area (Å²) in [6.45, 7) is 0. The standard InChI is InChI=1S/C11H8BrClN2O4/c12-6-2-1-5(3-7(6)13)14-10(16)9-4-8(11(17)18)15-19-9/h1-3,9H,4H2,(H,14,16)(H,17,18). The molecule has 0 aromatic heterocycles. The van der Waals surface area contributed by atoms with E-state index in [2.05, 4.69) is 26.4 Å². The number of aliphatic carboxylic acids is 1. The maximum Gasteiger partial charge on any atom is 0.353 e. The van der Waals surface area contributed by atoms with Gasteiger partial charge in [0, 0.05) is 16.6 Å². The second kappa shape index (κ2) is 5.58. The van der Waals surface area contributed by atoms with Crippen molar-refractivity contribution in [3.05, 3.63) is 27.7 Å². The molecular weight excluding hydrogens is 339 g/mol. The third-order valence-corrected chi connectivity index (χ3v) is 3.63. The molecule has 0 aliphatic carbocycles. The summed E-state index contributed by atoms with van der Waals surface area (Å²) in [5.74, 6) is -1.67. The van der Waals surface area contributed by atoms with E-state index in [0.717, 1.165) is 0 Å². The molecule has 19 heavy (non-hydrogen) atoms. The lowest BCUT2D eigenvalue weighted by atomic mass is 10.1. The molecule has 2 N–H and O–H groups in total. The maximum atomic E-state index is 11.8. The first-order chi connectivity index (χ1) is 8.97. The number of nitrogens with zero attached hydrogens (tertiary/aromatic N) is 1. The summed E-state index contributed by atoms with van der Waals surface area (Å²) in [5.41, 5.74) is 0.319. The molecule has 0 saturated heterocycles. The first kappa shape index (κ1) is 13.8. The summed E-state index contributed by atoms with van der Waals surface area (Å²) in [7, 11) is 0. The van der Waals surface area contributed by atoms with Gasteiger partial charge in [0.1, 0.15) is 0 Å². The van der Waals surface area contributed by atoms with Crippen LogP contribution in [0.2, 0.25) is 5.02 Å². The Morgan fingerprint density at radius 2 is 2.26 bits per heavy atom. The number of amides is 1. The molecule has 6 nitrogen and oxygen atoms in total. The lowest BCUT2D eigenvalue weighted by molar-refractivity contribution is -0.129. The monoisotopic (exact) mass is 346 g/mol. The molecule has 1 amide bonds. The van der Waals surface area contributed by atoms with Gasteiger partial charge in [-0.05, 0) is 34.1 Å². The van der Waals surface area contributed by atoms with Crippen LogP contribution < -0.4 is 5.32 Å². The molecule has 1 aliphatic heterocycles. The van der Waals surface area contributed by atoms with Gasteiger partial charge in [-0.15, -0.1) is 0 Å². The van der Waals surface area contributed by atoms with E-state index in [-0.39, 0.29) is 12.1 Å². The Balaban J connectivity index is 1.99. The molecule has 2 rings (SSSR count). The van der Waals surface area contributed by atoms with Crippen molar-refractivity contribution in [2.75, 3.05) is 5.32 Å². The van der Waals surface area contributed by atoms with Crippen molar-refractivity contribution in [2.24, 2.45) is 5.16 Å². The number of carboxylic acid groups (broad SMARTS) is 1. The normalized spacial score (nSPS) is 17.6. The minimum atomic E-state index is -1.19. The van der Waals surface area contributed by atoms with Gasteiger partial charge in [-0.1, -0.05) is 16.8 Å². The number of carbonyl (C=O) groups excluding carboxylic acids is 1. The van der Waals surface area contributed by atoms with E-state index in [1.807, 2.05) is 0 Å². The predicted molar refractivity (Wildman–Crippen MR) is 72.3 cm³/mol. The Kier molecular flexibility index (Phi) is 4.06. The van der Waals surface area contributed by atoms with Crippen molar-refractivity contribution in [1.82, 2.24) is 0 Å². The number of carbonyl (C=O) groups is 2. The number of benzene rings is 1. The lowest BCUT2D eigenvalue weighted by Crippen LogP contribution is -2.28. The van der Waals surface area contributed by atoms with Crippen LogP contribution in [-0.2, 0) is 14.4 Å². The quantitative estimate of drug-likeness (QED) is 0.878. The molecule has 8 heteroatoms. The fraction of sp³-hybridized carbons (Fsp3) is 0.182. The van der Waals surface area contributed by atoms with Crippen LogP contribution in [0.5, 0.6) is 0 Å². The van der Waals surface area contributed by atoms with E-state index >= 15 is 0 Å². The van der Waals surface area contributed by atoms with Crippen LogP contribution in [0.3, 0.4) is 0 Å². The van der Waals surface area contributed by atoms with Gasteiger partial charge in [0.15, 0.2) is 5.71 Å². The second-order valence-corrected chi connectivity index (χ2v) is 5.02. The largest absolute Gasteiger partial charge is 0.477 e. The van der Waals surface area contributed by atoms with Crippen molar-refractivity contribution >= 4 is 50.8 Å². The number of hydrogen-bond donors (Lipinski definition) is 2. The molecule has 0 saturated carbocycles. The fourth-order valence-corrected chi connectivity index (χ4v) is 1.87. The minimum Gasteiger partial charge on any atom is -0.477 e. The van der Waals surface area contributed by atoms with Crippen molar-refractivity contribution in [2.45, 2.75) is 12.5 Å². The molecule has 1 aliphatic rings. The van der Waals surface area contributed by atoms with Crippen molar-refractivity contribution in [1.29, 1.82) is 0 Å². The van der Waals surface area contributed by atoms with E-state index in [4.69, 9.17) is 21.5 Å². The maximum absolute atomic E-state index is 11.8. The zero-order chi connectivity index (χ0) is 14.0. The number of halogens is 2. The van der Waals surface area contributed by atoms with Crippen LogP contribution in [0.25, 0.3) is 0 Å². The minimum absolute atomic E-state index is 0.0641. The van der Waals surface area contributed by atoms with Gasteiger partial charge < -0.3 is 15.3 Å². The summed E-state index contributed by atoms with van der Waals surface area (Å²) in [5, 5.41) is 15.1. The Bertz CT molecular complexity index is 576. The van der Waals surface area contributed by atoms with Gasteiger partial charge in [0.25, 0.3) is 5.91 Å². The Hall–Kier alpha value is -1.60. The average Bonchev–Trinajstić information content (AvgIpc) is 2.83. The number of anilines is 1. The van der Waals surface area contributed by atoms with Crippen LogP contribution in [-0.4, -0.2) is 28.8 Å². The van der Waals surface area contributed by atoms with Crippen LogP contribution in [0.4, 0.5) is 5.69 Å². The molecule has 1 aromatic rings. The summed E-state index contributed by atoms with van der Waals surface area (Å²) in [6, 6.07) is 4.91. The van der Waals surface area contributed by atoms with Crippen molar-refractivity contribution in [3.63, 3.8) is 0 Å². The topological polar surface area (TPSA) is 88.0 Å². The fourth-order valence-electron chi connectivity index (χ4n) is 1.44. The summed E-state index contributed by atoms with van der Waals surface area (Å²) in [6.07, 6.45) is -1.00. The highest BCUT2D eigenvalue weighted by Crippen LogP contribution is 2.26. The smallest absolute Gasteiger partial charge is 0.353 e. The highest BCUT2D eigenvalue weighted by Gasteiger charge is 2.31. The molecule has 100 valence electrons. The van der Waals surface area contributed by atoms with Gasteiger partial charge in [0.05, 0.1) is 5.02 Å². The molecule has 0 radical (unpaired) electrons. The van der Waals surface area contributed by atoms with E-state index < -0.39 is 18.0 Å². The number of hydrogen-bond acceptors (Lipinski definition) is 4. The summed E-state index contributed by atoms with van der Waals surface area (Å²) < 4.78 is 0.709. The van der Waals surface area contributed by atoms with Crippen molar-refractivity contribution in [3.8, 4) is 0 Å². The van der Waals surface area contributed by atoms with E-state index in [9.17, 15) is 9.59 Å². The second-order valence-electron chi connectivity index (χ2n) is 3.76. The van der Waals surface area contributed by atoms with Gasteiger partial charge in [-0.25, -0.2) is 4.79 Å². The highest BCUT2D eigenvalue weighted by atomic mass is 79.9. The molecule has 1 heterocycles. The molecule has 1 atom stereocenters. The number of nitrogens with one attached hydrogen (secondary N) is 1. The van der Waals surface area contributed by atoms with Gasteiger partial charge in [0.2, 0.25) is 6.10 Å². The van der Waals surface area contributed by atoms with Crippen LogP contribution in [0.15, 0.2) is 27.8 Å². The lowest BCUT2D eigenvalue weighted by Gasteiger charge is -2.09. The molecule has 1 unspecified atom stereocenters. The summed E-state index contributed by atoms with van der Waals surface area (Å²) >= 11 is 9.12. The SMILES string of the molecule is O=C(O)C1=NOC(C(=O)Nc2ccc(Br)c(Cl)c2)C1. The number of rotatable bonds is 3.